The number of nitrogens with zero attached hydrogens (tertiary/aromatic N) is 2. The molecule has 0 bridgehead atoms. The second-order valence-electron chi connectivity index (χ2n) is 7.78. The van der Waals surface area contributed by atoms with Crippen LogP contribution in [0.25, 0.3) is 10.9 Å². The minimum Gasteiger partial charge on any atom is -0.444 e. The number of fused-ring (bicyclic) bond motifs is 1. The summed E-state index contributed by atoms with van der Waals surface area (Å²) in [5.41, 5.74) is 3.74. The molecule has 1 aliphatic heterocycles. The molecule has 5 nitrogen and oxygen atoms in total. The third-order valence-electron chi connectivity index (χ3n) is 4.78. The molecule has 1 aromatic carbocycles. The van der Waals surface area contributed by atoms with E-state index >= 15 is 0 Å². The molecule has 2 heterocycles. The van der Waals surface area contributed by atoms with Crippen molar-refractivity contribution in [3.05, 3.63) is 35.0 Å². The number of nitriles is 1. The Morgan fingerprint density at radius 2 is 2.00 bits per heavy atom. The summed E-state index contributed by atoms with van der Waals surface area (Å²) in [6, 6.07) is 7.96. The highest BCUT2D eigenvalue weighted by Gasteiger charge is 2.29. The number of H-pyrrole nitrogens is 1. The zero-order chi connectivity index (χ0) is 18.2. The number of carbonyl (C=O) groups excluding carboxylic acids is 1. The number of nitrogens with one attached hydrogen (secondary N) is 1. The van der Waals surface area contributed by atoms with Gasteiger partial charge in [-0.25, -0.2) is 4.79 Å². The van der Waals surface area contributed by atoms with Gasteiger partial charge in [-0.3, -0.25) is 0 Å². The Labute approximate surface area is 148 Å². The Bertz CT molecular complexity index is 831. The van der Waals surface area contributed by atoms with E-state index in [1.165, 1.54) is 11.3 Å². The molecule has 0 spiro atoms. The zero-order valence-electron chi connectivity index (χ0n) is 15.3. The fourth-order valence-electron chi connectivity index (χ4n) is 3.50. The van der Waals surface area contributed by atoms with Crippen LogP contribution in [0.4, 0.5) is 4.79 Å². The first-order valence-electron chi connectivity index (χ1n) is 8.79. The molecule has 3 rings (SSSR count). The number of aryl methyl sites for hydroxylation is 1. The van der Waals surface area contributed by atoms with Crippen molar-refractivity contribution < 1.29 is 9.53 Å². The molecule has 1 fully saturated rings. The molecule has 2 aromatic rings. The number of rotatable bonds is 1. The van der Waals surface area contributed by atoms with Gasteiger partial charge in [0.1, 0.15) is 5.60 Å². The van der Waals surface area contributed by atoms with Crippen molar-refractivity contribution in [2.75, 3.05) is 13.1 Å². The summed E-state index contributed by atoms with van der Waals surface area (Å²) in [5.74, 6) is 0.400. The number of carbonyl (C=O) groups is 1. The highest BCUT2D eigenvalue weighted by molar-refractivity contribution is 5.86. The van der Waals surface area contributed by atoms with Gasteiger partial charge in [0.25, 0.3) is 0 Å². The average Bonchev–Trinajstić information content (AvgIpc) is 2.90. The van der Waals surface area contributed by atoms with Crippen LogP contribution in [-0.2, 0) is 4.74 Å². The summed E-state index contributed by atoms with van der Waals surface area (Å²) in [6.07, 6.45) is 1.61. The molecular weight excluding hydrogens is 314 g/mol. The first kappa shape index (κ1) is 17.3. The van der Waals surface area contributed by atoms with Gasteiger partial charge in [-0.1, -0.05) is 0 Å². The van der Waals surface area contributed by atoms with Crippen LogP contribution in [0.5, 0.6) is 0 Å². The quantitative estimate of drug-likeness (QED) is 0.834. The summed E-state index contributed by atoms with van der Waals surface area (Å²) in [6.45, 7) is 9.19. The lowest BCUT2D eigenvalue weighted by Crippen LogP contribution is -2.41. The number of piperidine rings is 1. The number of ether oxygens (including phenoxy) is 1. The average molecular weight is 339 g/mol. The first-order chi connectivity index (χ1) is 11.8. The van der Waals surface area contributed by atoms with E-state index in [1.54, 1.807) is 4.90 Å². The Morgan fingerprint density at radius 3 is 2.60 bits per heavy atom. The minimum atomic E-state index is -0.458. The normalized spacial score (nSPS) is 16.0. The summed E-state index contributed by atoms with van der Waals surface area (Å²) >= 11 is 0. The van der Waals surface area contributed by atoms with E-state index in [-0.39, 0.29) is 6.09 Å². The highest BCUT2D eigenvalue weighted by Crippen LogP contribution is 2.34. The molecule has 25 heavy (non-hydrogen) atoms. The van der Waals surface area contributed by atoms with Gasteiger partial charge in [0.05, 0.1) is 11.6 Å². The molecule has 5 heteroatoms. The molecule has 1 saturated heterocycles. The van der Waals surface area contributed by atoms with Gasteiger partial charge in [0.2, 0.25) is 0 Å². The van der Waals surface area contributed by atoms with Crippen molar-refractivity contribution in [2.24, 2.45) is 0 Å². The van der Waals surface area contributed by atoms with E-state index in [0.717, 1.165) is 23.7 Å². The number of benzene rings is 1. The second kappa shape index (κ2) is 6.44. The summed E-state index contributed by atoms with van der Waals surface area (Å²) in [4.78, 5) is 17.5. The van der Waals surface area contributed by atoms with Crippen LogP contribution in [0.1, 0.15) is 56.4 Å². The van der Waals surface area contributed by atoms with E-state index in [9.17, 15) is 4.79 Å². The summed E-state index contributed by atoms with van der Waals surface area (Å²) < 4.78 is 5.46. The van der Waals surface area contributed by atoms with Crippen molar-refractivity contribution in [1.82, 2.24) is 9.88 Å². The topological polar surface area (TPSA) is 69.1 Å². The Morgan fingerprint density at radius 1 is 1.32 bits per heavy atom. The number of aromatic amines is 1. The predicted octanol–water partition coefficient (Wildman–Crippen LogP) is 4.46. The Balaban J connectivity index is 1.73. The highest BCUT2D eigenvalue weighted by atomic mass is 16.6. The van der Waals surface area contributed by atoms with Crippen molar-refractivity contribution in [1.29, 1.82) is 5.26 Å². The monoisotopic (exact) mass is 339 g/mol. The van der Waals surface area contributed by atoms with Crippen LogP contribution >= 0.6 is 0 Å². The van der Waals surface area contributed by atoms with Gasteiger partial charge < -0.3 is 14.6 Å². The van der Waals surface area contributed by atoms with Crippen LogP contribution < -0.4 is 0 Å². The fraction of sp³-hybridized carbons (Fsp3) is 0.500. The maximum Gasteiger partial charge on any atom is 0.410 e. The van der Waals surface area contributed by atoms with Crippen LogP contribution in [0.2, 0.25) is 0 Å². The van der Waals surface area contributed by atoms with E-state index in [2.05, 4.69) is 18.0 Å². The van der Waals surface area contributed by atoms with Crippen molar-refractivity contribution in [2.45, 2.75) is 52.1 Å². The molecule has 0 aliphatic carbocycles. The predicted molar refractivity (Wildman–Crippen MR) is 97.5 cm³/mol. The standard InChI is InChI=1S/C20H25N3O2/c1-13-16-11-14(12-21)5-6-17(16)22-18(13)15-7-9-23(10-8-15)19(24)25-20(2,3)4/h5-6,11,15,22H,7-10H2,1-4H3. The minimum absolute atomic E-state index is 0.224. The maximum atomic E-state index is 12.2. The summed E-state index contributed by atoms with van der Waals surface area (Å²) in [5, 5.41) is 10.2. The van der Waals surface area contributed by atoms with Crippen molar-refractivity contribution in [3.8, 4) is 6.07 Å². The molecule has 0 radical (unpaired) electrons. The van der Waals surface area contributed by atoms with Crippen LogP contribution in [0.15, 0.2) is 18.2 Å². The third kappa shape index (κ3) is 3.63. The molecule has 0 saturated carbocycles. The molecular formula is C20H25N3O2. The van der Waals surface area contributed by atoms with Crippen LogP contribution in [0.3, 0.4) is 0 Å². The third-order valence-corrected chi connectivity index (χ3v) is 4.78. The molecule has 1 amide bonds. The lowest BCUT2D eigenvalue weighted by molar-refractivity contribution is 0.0204. The number of aromatic nitrogens is 1. The van der Waals surface area contributed by atoms with Gasteiger partial charge >= 0.3 is 6.09 Å². The maximum absolute atomic E-state index is 12.2. The molecule has 1 aliphatic rings. The van der Waals surface area contributed by atoms with Gasteiger partial charge in [0, 0.05) is 35.6 Å². The molecule has 1 aromatic heterocycles. The molecule has 1 N–H and O–H groups in total. The number of likely N-dealkylation sites (tertiary alicyclic amines) is 1. The van der Waals surface area contributed by atoms with E-state index in [0.29, 0.717) is 24.6 Å². The van der Waals surface area contributed by atoms with Gasteiger partial charge in [-0.15, -0.1) is 0 Å². The van der Waals surface area contributed by atoms with E-state index < -0.39 is 5.60 Å². The molecule has 0 atom stereocenters. The largest absolute Gasteiger partial charge is 0.444 e. The van der Waals surface area contributed by atoms with E-state index in [4.69, 9.17) is 10.00 Å². The number of hydrogen-bond donors (Lipinski definition) is 1. The molecule has 0 unspecified atom stereocenters. The number of amides is 1. The molecule has 132 valence electrons. The Kier molecular flexibility index (Phi) is 4.47. The number of hydrogen-bond acceptors (Lipinski definition) is 3. The zero-order valence-corrected chi connectivity index (χ0v) is 15.3. The van der Waals surface area contributed by atoms with Gasteiger partial charge in [-0.05, 0) is 64.3 Å². The van der Waals surface area contributed by atoms with Crippen molar-refractivity contribution >= 4 is 17.0 Å². The summed E-state index contributed by atoms with van der Waals surface area (Å²) in [7, 11) is 0. The lowest BCUT2D eigenvalue weighted by atomic mass is 9.91. The second-order valence-corrected chi connectivity index (χ2v) is 7.78. The Hall–Kier alpha value is -2.48. The van der Waals surface area contributed by atoms with Crippen LogP contribution in [0, 0.1) is 18.3 Å². The van der Waals surface area contributed by atoms with Gasteiger partial charge in [0.15, 0.2) is 0 Å². The lowest BCUT2D eigenvalue weighted by Gasteiger charge is -2.33. The van der Waals surface area contributed by atoms with Crippen molar-refractivity contribution in [3.63, 3.8) is 0 Å². The SMILES string of the molecule is Cc1c(C2CCN(C(=O)OC(C)(C)C)CC2)[nH]c2ccc(C#N)cc12. The fourth-order valence-corrected chi connectivity index (χ4v) is 3.50. The van der Waals surface area contributed by atoms with Gasteiger partial charge in [-0.2, -0.15) is 5.26 Å². The van der Waals surface area contributed by atoms with Crippen LogP contribution in [-0.4, -0.2) is 34.7 Å². The first-order valence-corrected chi connectivity index (χ1v) is 8.79. The van der Waals surface area contributed by atoms with E-state index in [1.807, 2.05) is 39.0 Å². The smallest absolute Gasteiger partial charge is 0.410 e.